The average Bonchev–Trinajstić information content (AvgIpc) is 2.24. The minimum absolute atomic E-state index is 0.388. The Bertz CT molecular complexity index is 312. The lowest BCUT2D eigenvalue weighted by Crippen LogP contribution is -2.21. The summed E-state index contributed by atoms with van der Waals surface area (Å²) in [6, 6.07) is 0. The molecule has 0 aliphatic carbocycles. The van der Waals surface area contributed by atoms with E-state index in [0.717, 1.165) is 6.42 Å². The van der Waals surface area contributed by atoms with Crippen LogP contribution in [-0.2, 0) is 14.5 Å². The predicted molar refractivity (Wildman–Crippen MR) is 75.4 cm³/mol. The second-order valence-electron chi connectivity index (χ2n) is 4.66. The number of unbranched alkanes of at least 4 members (excludes halogenated alkanes) is 6. The minimum Gasteiger partial charge on any atom is -0.255 e. The standard InChI is InChI=1S/C13H27NO3S/c1-3-4-5-6-7-8-9-10-11-12-13(2)17-18(14,15)16/h10-11,13H,3-9,12H2,1-2H3,(H2,14,15,16)/b11-10-/t13-/m1/s1. The molecule has 4 nitrogen and oxygen atoms in total. The van der Waals surface area contributed by atoms with Crippen molar-refractivity contribution >= 4 is 10.3 Å². The first-order valence-electron chi connectivity index (χ1n) is 6.81. The van der Waals surface area contributed by atoms with Crippen LogP contribution in [0.4, 0.5) is 0 Å². The van der Waals surface area contributed by atoms with Gasteiger partial charge in [-0.3, -0.25) is 4.18 Å². The van der Waals surface area contributed by atoms with Gasteiger partial charge in [0.05, 0.1) is 6.10 Å². The van der Waals surface area contributed by atoms with Gasteiger partial charge >= 0.3 is 10.3 Å². The molecule has 0 saturated carbocycles. The normalized spacial score (nSPS) is 14.2. The number of allylic oxidation sites excluding steroid dienone is 1. The molecule has 0 bridgehead atoms. The number of rotatable bonds is 11. The van der Waals surface area contributed by atoms with Crippen molar-refractivity contribution < 1.29 is 12.6 Å². The van der Waals surface area contributed by atoms with Crippen LogP contribution in [0.15, 0.2) is 12.2 Å². The van der Waals surface area contributed by atoms with Gasteiger partial charge in [0.15, 0.2) is 0 Å². The highest BCUT2D eigenvalue weighted by atomic mass is 32.2. The minimum atomic E-state index is -3.82. The maximum absolute atomic E-state index is 10.6. The summed E-state index contributed by atoms with van der Waals surface area (Å²) in [6.45, 7) is 3.91. The van der Waals surface area contributed by atoms with Crippen LogP contribution in [0.25, 0.3) is 0 Å². The van der Waals surface area contributed by atoms with Gasteiger partial charge in [-0.25, -0.2) is 5.14 Å². The van der Waals surface area contributed by atoms with Crippen molar-refractivity contribution in [2.75, 3.05) is 0 Å². The number of hydrogen-bond acceptors (Lipinski definition) is 3. The van der Waals surface area contributed by atoms with E-state index in [1.807, 2.05) is 6.08 Å². The van der Waals surface area contributed by atoms with Crippen molar-refractivity contribution in [1.29, 1.82) is 0 Å². The largest absolute Gasteiger partial charge is 0.333 e. The zero-order valence-corrected chi connectivity index (χ0v) is 12.4. The fraction of sp³-hybridized carbons (Fsp3) is 0.846. The zero-order valence-electron chi connectivity index (χ0n) is 11.6. The van der Waals surface area contributed by atoms with Gasteiger partial charge in [0.25, 0.3) is 0 Å². The van der Waals surface area contributed by atoms with Gasteiger partial charge in [-0.1, -0.05) is 51.2 Å². The molecule has 0 rings (SSSR count). The summed E-state index contributed by atoms with van der Waals surface area (Å²) < 4.78 is 25.9. The second kappa shape index (κ2) is 10.5. The first-order chi connectivity index (χ1) is 8.45. The summed E-state index contributed by atoms with van der Waals surface area (Å²) in [4.78, 5) is 0. The highest BCUT2D eigenvalue weighted by molar-refractivity contribution is 7.84. The lowest BCUT2D eigenvalue weighted by atomic mass is 10.1. The maximum atomic E-state index is 10.6. The molecule has 0 saturated heterocycles. The van der Waals surface area contributed by atoms with Gasteiger partial charge < -0.3 is 0 Å². The quantitative estimate of drug-likeness (QED) is 0.465. The first kappa shape index (κ1) is 17.6. The van der Waals surface area contributed by atoms with Crippen molar-refractivity contribution in [2.24, 2.45) is 5.14 Å². The van der Waals surface area contributed by atoms with Crippen molar-refractivity contribution in [3.8, 4) is 0 Å². The van der Waals surface area contributed by atoms with Gasteiger partial charge in [-0.15, -0.1) is 0 Å². The third kappa shape index (κ3) is 13.7. The Labute approximate surface area is 112 Å². The zero-order chi connectivity index (χ0) is 13.9. The molecular formula is C13H27NO3S. The highest BCUT2D eigenvalue weighted by Gasteiger charge is 2.08. The second-order valence-corrected chi connectivity index (χ2v) is 5.84. The summed E-state index contributed by atoms with van der Waals surface area (Å²) in [7, 11) is -3.82. The molecule has 0 aromatic carbocycles. The molecule has 108 valence electrons. The lowest BCUT2D eigenvalue weighted by Gasteiger charge is -2.06. The average molecular weight is 277 g/mol. The summed E-state index contributed by atoms with van der Waals surface area (Å²) in [5, 5.41) is 4.77. The summed E-state index contributed by atoms with van der Waals surface area (Å²) >= 11 is 0. The Morgan fingerprint density at radius 1 is 1.11 bits per heavy atom. The molecule has 0 aliphatic rings. The molecule has 1 atom stereocenters. The molecule has 0 fully saturated rings. The van der Waals surface area contributed by atoms with Crippen LogP contribution in [0.3, 0.4) is 0 Å². The Hall–Kier alpha value is -0.390. The number of hydrogen-bond donors (Lipinski definition) is 1. The van der Waals surface area contributed by atoms with E-state index in [4.69, 9.17) is 5.14 Å². The van der Waals surface area contributed by atoms with E-state index in [2.05, 4.69) is 17.2 Å². The molecule has 0 spiro atoms. The van der Waals surface area contributed by atoms with E-state index < -0.39 is 10.3 Å². The molecular weight excluding hydrogens is 250 g/mol. The third-order valence-electron chi connectivity index (χ3n) is 2.66. The fourth-order valence-corrected chi connectivity index (χ4v) is 2.25. The van der Waals surface area contributed by atoms with Crippen LogP contribution in [0.1, 0.15) is 65.2 Å². The van der Waals surface area contributed by atoms with E-state index in [1.165, 1.54) is 38.5 Å². The van der Waals surface area contributed by atoms with Crippen LogP contribution in [0.5, 0.6) is 0 Å². The smallest absolute Gasteiger partial charge is 0.255 e. The highest BCUT2D eigenvalue weighted by Crippen LogP contribution is 2.08. The lowest BCUT2D eigenvalue weighted by molar-refractivity contribution is 0.232. The van der Waals surface area contributed by atoms with Gasteiger partial charge in [0.1, 0.15) is 0 Å². The molecule has 2 N–H and O–H groups in total. The van der Waals surface area contributed by atoms with Gasteiger partial charge in [-0.2, -0.15) is 8.42 Å². The molecule has 0 amide bonds. The van der Waals surface area contributed by atoms with E-state index in [9.17, 15) is 8.42 Å². The van der Waals surface area contributed by atoms with E-state index in [-0.39, 0.29) is 6.10 Å². The Balaban J connectivity index is 3.43. The fourth-order valence-electron chi connectivity index (χ4n) is 1.72. The Kier molecular flexibility index (Phi) is 10.3. The van der Waals surface area contributed by atoms with Crippen LogP contribution < -0.4 is 5.14 Å². The summed E-state index contributed by atoms with van der Waals surface area (Å²) in [5.41, 5.74) is 0. The van der Waals surface area contributed by atoms with E-state index in [0.29, 0.717) is 6.42 Å². The maximum Gasteiger partial charge on any atom is 0.333 e. The van der Waals surface area contributed by atoms with Gasteiger partial charge in [-0.05, 0) is 26.2 Å². The van der Waals surface area contributed by atoms with Crippen LogP contribution in [-0.4, -0.2) is 14.5 Å². The topological polar surface area (TPSA) is 69.4 Å². The first-order valence-corrected chi connectivity index (χ1v) is 8.29. The van der Waals surface area contributed by atoms with Gasteiger partial charge in [0.2, 0.25) is 0 Å². The van der Waals surface area contributed by atoms with Crippen molar-refractivity contribution in [1.82, 2.24) is 0 Å². The SMILES string of the molecule is CCCCCCCC/C=C\C[C@@H](C)OS(N)(=O)=O. The van der Waals surface area contributed by atoms with E-state index in [1.54, 1.807) is 6.92 Å². The molecule has 0 aromatic heterocycles. The molecule has 0 aliphatic heterocycles. The van der Waals surface area contributed by atoms with Crippen molar-refractivity contribution in [3.05, 3.63) is 12.2 Å². The Morgan fingerprint density at radius 3 is 2.33 bits per heavy atom. The molecule has 18 heavy (non-hydrogen) atoms. The predicted octanol–water partition coefficient (Wildman–Crippen LogP) is 3.29. The van der Waals surface area contributed by atoms with Crippen molar-refractivity contribution in [3.63, 3.8) is 0 Å². The molecule has 0 aromatic rings. The van der Waals surface area contributed by atoms with Crippen LogP contribution in [0.2, 0.25) is 0 Å². The Morgan fingerprint density at radius 2 is 1.72 bits per heavy atom. The molecule has 0 heterocycles. The number of nitrogens with two attached hydrogens (primary N) is 1. The summed E-state index contributed by atoms with van der Waals surface area (Å²) in [5.74, 6) is 0. The molecule has 5 heteroatoms. The van der Waals surface area contributed by atoms with Crippen LogP contribution in [0, 0.1) is 0 Å². The molecule has 0 unspecified atom stereocenters. The summed E-state index contributed by atoms with van der Waals surface area (Å²) in [6.07, 6.45) is 13.0. The van der Waals surface area contributed by atoms with Gasteiger partial charge in [0, 0.05) is 0 Å². The van der Waals surface area contributed by atoms with Crippen LogP contribution >= 0.6 is 0 Å². The monoisotopic (exact) mass is 277 g/mol. The third-order valence-corrected chi connectivity index (χ3v) is 3.25. The molecule has 0 radical (unpaired) electrons. The van der Waals surface area contributed by atoms with Crippen molar-refractivity contribution in [2.45, 2.75) is 71.3 Å². The van der Waals surface area contributed by atoms with E-state index >= 15 is 0 Å².